The van der Waals surface area contributed by atoms with Crippen LogP contribution in [0.3, 0.4) is 0 Å². The van der Waals surface area contributed by atoms with E-state index < -0.39 is 26.7 Å². The van der Waals surface area contributed by atoms with Crippen molar-refractivity contribution in [1.29, 1.82) is 0 Å². The highest BCUT2D eigenvalue weighted by Crippen LogP contribution is 2.47. The lowest BCUT2D eigenvalue weighted by Crippen LogP contribution is -2.49. The van der Waals surface area contributed by atoms with Gasteiger partial charge in [-0.15, -0.1) is 0 Å². The van der Waals surface area contributed by atoms with Gasteiger partial charge in [0, 0.05) is 25.6 Å². The number of halogens is 1. The number of nitrogens with zero attached hydrogens (tertiary/aromatic N) is 1. The smallest absolute Gasteiger partial charge is 0.335 e. The molecule has 138 valence electrons. The number of hydrogen-bond acceptors (Lipinski definition) is 4. The zero-order valence-corrected chi connectivity index (χ0v) is 14.9. The number of piperidine rings is 1. The molecule has 1 aromatic rings. The first-order chi connectivity index (χ1) is 11.8. The molecule has 6 nitrogen and oxygen atoms in total. The molecule has 1 aliphatic carbocycles. The Hall–Kier alpha value is -1.51. The Bertz CT molecular complexity index is 781. The van der Waals surface area contributed by atoms with E-state index in [1.54, 1.807) is 7.11 Å². The minimum absolute atomic E-state index is 0.000649. The second-order valence-corrected chi connectivity index (χ2v) is 8.78. The van der Waals surface area contributed by atoms with Crippen LogP contribution < -0.4 is 0 Å². The lowest BCUT2D eigenvalue weighted by Gasteiger charge is -2.43. The number of carboxylic acid groups (broad SMARTS) is 1. The van der Waals surface area contributed by atoms with Crippen molar-refractivity contribution in [3.05, 3.63) is 29.6 Å². The maximum atomic E-state index is 14.2. The lowest BCUT2D eigenvalue weighted by atomic mass is 9.77. The molecule has 1 aliphatic heterocycles. The summed E-state index contributed by atoms with van der Waals surface area (Å²) in [6.07, 6.45) is 4.33. The van der Waals surface area contributed by atoms with E-state index in [4.69, 9.17) is 9.84 Å². The first-order valence-electron chi connectivity index (χ1n) is 8.36. The van der Waals surface area contributed by atoms with Crippen LogP contribution in [0.1, 0.15) is 42.5 Å². The van der Waals surface area contributed by atoms with Crippen LogP contribution in [-0.4, -0.2) is 50.1 Å². The van der Waals surface area contributed by atoms with Gasteiger partial charge in [-0.3, -0.25) is 0 Å². The predicted octanol–water partition coefficient (Wildman–Crippen LogP) is 2.49. The summed E-state index contributed by atoms with van der Waals surface area (Å²) in [6.45, 7) is 0.585. The van der Waals surface area contributed by atoms with Crippen molar-refractivity contribution in [3.8, 4) is 0 Å². The van der Waals surface area contributed by atoms with E-state index in [1.165, 1.54) is 4.31 Å². The van der Waals surface area contributed by atoms with Crippen molar-refractivity contribution in [2.45, 2.75) is 43.1 Å². The second-order valence-electron chi connectivity index (χ2n) is 6.87. The Labute approximate surface area is 146 Å². The third-order valence-electron chi connectivity index (χ3n) is 5.48. The van der Waals surface area contributed by atoms with Crippen LogP contribution in [0.4, 0.5) is 4.39 Å². The molecule has 1 spiro atoms. The molecule has 0 aromatic heterocycles. The molecule has 2 fully saturated rings. The van der Waals surface area contributed by atoms with Crippen molar-refractivity contribution in [3.63, 3.8) is 0 Å². The van der Waals surface area contributed by atoms with E-state index in [0.29, 0.717) is 13.0 Å². The summed E-state index contributed by atoms with van der Waals surface area (Å²) < 4.78 is 47.0. The quantitative estimate of drug-likeness (QED) is 0.879. The number of methoxy groups -OCH3 is 1. The monoisotopic (exact) mass is 371 g/mol. The van der Waals surface area contributed by atoms with Gasteiger partial charge in [0.15, 0.2) is 0 Å². The molecule has 8 heteroatoms. The maximum absolute atomic E-state index is 14.2. The summed E-state index contributed by atoms with van der Waals surface area (Å²) in [5.74, 6) is -2.22. The highest BCUT2D eigenvalue weighted by molar-refractivity contribution is 7.89. The molecule has 2 atom stereocenters. The number of hydrogen-bond donors (Lipinski definition) is 1. The van der Waals surface area contributed by atoms with E-state index in [0.717, 1.165) is 43.9 Å². The van der Waals surface area contributed by atoms with E-state index in [9.17, 15) is 17.6 Å². The van der Waals surface area contributed by atoms with Crippen molar-refractivity contribution in [1.82, 2.24) is 4.31 Å². The summed E-state index contributed by atoms with van der Waals surface area (Å²) in [7, 11) is -2.46. The van der Waals surface area contributed by atoms with E-state index >= 15 is 0 Å². The number of ether oxygens (including phenoxy) is 1. The zero-order valence-electron chi connectivity index (χ0n) is 14.1. The average molecular weight is 371 g/mol. The minimum atomic E-state index is -4.10. The molecule has 0 amide bonds. The molecule has 1 heterocycles. The van der Waals surface area contributed by atoms with Crippen LogP contribution in [0.5, 0.6) is 0 Å². The van der Waals surface area contributed by atoms with Crippen LogP contribution in [0, 0.1) is 11.2 Å². The Kier molecular flexibility index (Phi) is 4.87. The standard InChI is InChI=1S/C17H22FNO5S/c1-24-15-4-2-7-17(15)8-3-9-19(11-17)25(22,23)14-10-12(16(20)21)5-6-13(14)18/h5-6,10,15H,2-4,7-9,11H2,1H3,(H,20,21)/t15-,17+/m1/s1. The van der Waals surface area contributed by atoms with Crippen LogP contribution in [0.25, 0.3) is 0 Å². The molecule has 1 aromatic carbocycles. The van der Waals surface area contributed by atoms with Crippen LogP contribution >= 0.6 is 0 Å². The molecular weight excluding hydrogens is 349 g/mol. The lowest BCUT2D eigenvalue weighted by molar-refractivity contribution is -0.0185. The SMILES string of the molecule is CO[C@@H]1CCC[C@@]12CCCN(S(=O)(=O)c1cc(C(=O)O)ccc1F)C2. The zero-order chi connectivity index (χ0) is 18.2. The van der Waals surface area contributed by atoms with Crippen molar-refractivity contribution in [2.75, 3.05) is 20.2 Å². The molecule has 1 N–H and O–H groups in total. The molecular formula is C17H22FNO5S. The van der Waals surface area contributed by atoms with Gasteiger partial charge in [-0.05, 0) is 43.9 Å². The predicted molar refractivity (Wildman–Crippen MR) is 88.4 cm³/mol. The van der Waals surface area contributed by atoms with Gasteiger partial charge in [-0.2, -0.15) is 4.31 Å². The fraction of sp³-hybridized carbons (Fsp3) is 0.588. The summed E-state index contributed by atoms with van der Waals surface area (Å²) in [5, 5.41) is 9.06. The Morgan fingerprint density at radius 1 is 1.36 bits per heavy atom. The number of aromatic carboxylic acids is 1. The fourth-order valence-electron chi connectivity index (χ4n) is 4.24. The number of carbonyl (C=O) groups is 1. The Morgan fingerprint density at radius 3 is 2.76 bits per heavy atom. The minimum Gasteiger partial charge on any atom is -0.478 e. The van der Waals surface area contributed by atoms with Gasteiger partial charge in [0.2, 0.25) is 10.0 Å². The van der Waals surface area contributed by atoms with Gasteiger partial charge < -0.3 is 9.84 Å². The average Bonchev–Trinajstić information content (AvgIpc) is 2.96. The van der Waals surface area contributed by atoms with Gasteiger partial charge in [0.05, 0.1) is 11.7 Å². The second kappa shape index (κ2) is 6.66. The maximum Gasteiger partial charge on any atom is 0.335 e. The summed E-state index contributed by atoms with van der Waals surface area (Å²) in [5.41, 5.74) is -0.483. The highest BCUT2D eigenvalue weighted by atomic mass is 32.2. The summed E-state index contributed by atoms with van der Waals surface area (Å²) in [4.78, 5) is 10.5. The Morgan fingerprint density at radius 2 is 2.08 bits per heavy atom. The number of carboxylic acids is 1. The van der Waals surface area contributed by atoms with Crippen molar-refractivity contribution in [2.24, 2.45) is 5.41 Å². The number of benzene rings is 1. The van der Waals surface area contributed by atoms with Crippen LogP contribution in [-0.2, 0) is 14.8 Å². The van der Waals surface area contributed by atoms with E-state index in [1.807, 2.05) is 0 Å². The molecule has 1 saturated heterocycles. The largest absolute Gasteiger partial charge is 0.478 e. The first kappa shape index (κ1) is 18.3. The van der Waals surface area contributed by atoms with Gasteiger partial charge in [0.25, 0.3) is 0 Å². The van der Waals surface area contributed by atoms with E-state index in [2.05, 4.69) is 0 Å². The third kappa shape index (κ3) is 3.18. The van der Waals surface area contributed by atoms with Gasteiger partial charge in [-0.25, -0.2) is 17.6 Å². The van der Waals surface area contributed by atoms with Crippen molar-refractivity contribution < 1.29 is 27.4 Å². The molecule has 0 radical (unpaired) electrons. The Balaban J connectivity index is 1.95. The molecule has 0 unspecified atom stereocenters. The third-order valence-corrected chi connectivity index (χ3v) is 7.34. The summed E-state index contributed by atoms with van der Waals surface area (Å²) in [6, 6.07) is 2.85. The van der Waals surface area contributed by atoms with Crippen molar-refractivity contribution >= 4 is 16.0 Å². The van der Waals surface area contributed by atoms with E-state index in [-0.39, 0.29) is 23.6 Å². The fourth-order valence-corrected chi connectivity index (χ4v) is 5.90. The topological polar surface area (TPSA) is 83.9 Å². The van der Waals surface area contributed by atoms with Crippen LogP contribution in [0.15, 0.2) is 23.1 Å². The molecule has 3 rings (SSSR count). The number of sulfonamides is 1. The first-order valence-corrected chi connectivity index (χ1v) is 9.80. The molecule has 2 aliphatic rings. The van der Waals surface area contributed by atoms with Crippen LogP contribution in [0.2, 0.25) is 0 Å². The van der Waals surface area contributed by atoms with Gasteiger partial charge >= 0.3 is 5.97 Å². The molecule has 25 heavy (non-hydrogen) atoms. The highest BCUT2D eigenvalue weighted by Gasteiger charge is 2.48. The molecule has 0 bridgehead atoms. The van der Waals surface area contributed by atoms with Gasteiger partial charge in [0.1, 0.15) is 10.7 Å². The number of rotatable bonds is 4. The molecule has 1 saturated carbocycles. The normalized spacial score (nSPS) is 27.7. The van der Waals surface area contributed by atoms with Gasteiger partial charge in [-0.1, -0.05) is 6.42 Å². The summed E-state index contributed by atoms with van der Waals surface area (Å²) >= 11 is 0.